The maximum atomic E-state index is 7.17. The molecule has 0 unspecified atom stereocenters. The lowest BCUT2D eigenvalue weighted by Crippen LogP contribution is -2.16. The van der Waals surface area contributed by atoms with Crippen molar-refractivity contribution in [1.82, 2.24) is 0 Å². The lowest BCUT2D eigenvalue weighted by Gasteiger charge is -2.28. The van der Waals surface area contributed by atoms with Crippen molar-refractivity contribution in [1.29, 1.82) is 0 Å². The summed E-state index contributed by atoms with van der Waals surface area (Å²) in [5, 5.41) is 8.60. The Balaban J connectivity index is 1.16. The van der Waals surface area contributed by atoms with Gasteiger partial charge in [-0.1, -0.05) is 141 Å². The zero-order chi connectivity index (χ0) is 39.0. The molecular weight excluding hydrogens is 723 g/mol. The molecule has 0 atom stereocenters. The number of nitrogens with zero attached hydrogens (tertiary/aromatic N) is 1. The SMILES string of the molecule is CC1(C)c2ccccc2-c2ccc(N(c3cccc4c3oc3ccccc34)c3cccc4oc5c(-c6cccc7ccccc67)c6c(cc5c34)oc3ccccc36)cc21. The number of hydrogen-bond donors (Lipinski definition) is 0. The minimum Gasteiger partial charge on any atom is -0.456 e. The monoisotopic (exact) mass is 757 g/mol. The molecule has 3 aromatic heterocycles. The molecule has 12 aromatic rings. The second-order valence-corrected chi connectivity index (χ2v) is 16.4. The van der Waals surface area contributed by atoms with Crippen molar-refractivity contribution in [3.63, 3.8) is 0 Å². The van der Waals surface area contributed by atoms with Gasteiger partial charge in [0.05, 0.1) is 16.8 Å². The maximum Gasteiger partial charge on any atom is 0.159 e. The number of anilines is 3. The van der Waals surface area contributed by atoms with Crippen LogP contribution in [-0.2, 0) is 5.41 Å². The lowest BCUT2D eigenvalue weighted by molar-refractivity contribution is 0.660. The van der Waals surface area contributed by atoms with Gasteiger partial charge in [-0.25, -0.2) is 0 Å². The van der Waals surface area contributed by atoms with E-state index in [-0.39, 0.29) is 5.41 Å². The summed E-state index contributed by atoms with van der Waals surface area (Å²) in [6, 6.07) is 62.6. The molecule has 1 aliphatic rings. The minimum absolute atomic E-state index is 0.187. The van der Waals surface area contributed by atoms with E-state index in [0.29, 0.717) is 0 Å². The average molecular weight is 758 g/mol. The molecule has 0 radical (unpaired) electrons. The number of rotatable bonds is 4. The maximum absolute atomic E-state index is 7.17. The van der Waals surface area contributed by atoms with Crippen molar-refractivity contribution < 1.29 is 13.3 Å². The van der Waals surface area contributed by atoms with Crippen molar-refractivity contribution in [2.45, 2.75) is 19.3 Å². The van der Waals surface area contributed by atoms with E-state index < -0.39 is 0 Å². The molecule has 0 fully saturated rings. The zero-order valence-corrected chi connectivity index (χ0v) is 32.4. The minimum atomic E-state index is -0.187. The Bertz CT molecular complexity index is 3720. The molecule has 4 heteroatoms. The van der Waals surface area contributed by atoms with Crippen molar-refractivity contribution in [2.24, 2.45) is 0 Å². The molecule has 0 N–H and O–H groups in total. The van der Waals surface area contributed by atoms with Crippen LogP contribution in [0, 0.1) is 0 Å². The highest BCUT2D eigenvalue weighted by molar-refractivity contribution is 6.27. The lowest BCUT2D eigenvalue weighted by atomic mass is 9.82. The van der Waals surface area contributed by atoms with Gasteiger partial charge in [-0.05, 0) is 87.1 Å². The molecule has 0 amide bonds. The van der Waals surface area contributed by atoms with Gasteiger partial charge in [0, 0.05) is 43.6 Å². The highest BCUT2D eigenvalue weighted by Crippen LogP contribution is 2.54. The molecule has 0 bridgehead atoms. The van der Waals surface area contributed by atoms with E-state index in [4.69, 9.17) is 13.3 Å². The van der Waals surface area contributed by atoms with Gasteiger partial charge in [-0.3, -0.25) is 0 Å². The summed E-state index contributed by atoms with van der Waals surface area (Å²) in [4.78, 5) is 2.38. The highest BCUT2D eigenvalue weighted by atomic mass is 16.3. The number of benzene rings is 9. The topological polar surface area (TPSA) is 42.7 Å². The zero-order valence-electron chi connectivity index (χ0n) is 32.4. The molecule has 0 saturated carbocycles. The number of fused-ring (bicyclic) bond motifs is 13. The normalized spacial score (nSPS) is 13.4. The van der Waals surface area contributed by atoms with Gasteiger partial charge in [0.15, 0.2) is 5.58 Å². The van der Waals surface area contributed by atoms with E-state index >= 15 is 0 Å². The van der Waals surface area contributed by atoms with Crippen LogP contribution in [0.2, 0.25) is 0 Å². The number of para-hydroxylation sites is 3. The van der Waals surface area contributed by atoms with E-state index in [0.717, 1.165) is 99.4 Å². The molecule has 0 saturated heterocycles. The number of furan rings is 3. The Kier molecular flexibility index (Phi) is 6.48. The van der Waals surface area contributed by atoms with E-state index in [1.54, 1.807) is 0 Å². The van der Waals surface area contributed by atoms with E-state index in [1.807, 2.05) is 12.1 Å². The summed E-state index contributed by atoms with van der Waals surface area (Å²) >= 11 is 0. The first kappa shape index (κ1) is 32.5. The Morgan fingerprint density at radius 3 is 1.92 bits per heavy atom. The predicted molar refractivity (Wildman–Crippen MR) is 243 cm³/mol. The van der Waals surface area contributed by atoms with Crippen LogP contribution >= 0.6 is 0 Å². The summed E-state index contributed by atoms with van der Waals surface area (Å²) < 4.78 is 20.7. The fraction of sp³-hybridized carbons (Fsp3) is 0.0545. The Hall–Kier alpha value is -7.56. The molecule has 59 heavy (non-hydrogen) atoms. The van der Waals surface area contributed by atoms with Crippen molar-refractivity contribution in [3.8, 4) is 22.3 Å². The van der Waals surface area contributed by atoms with Gasteiger partial charge in [0.25, 0.3) is 0 Å². The van der Waals surface area contributed by atoms with Crippen LogP contribution in [0.5, 0.6) is 0 Å². The van der Waals surface area contributed by atoms with E-state index in [9.17, 15) is 0 Å². The van der Waals surface area contributed by atoms with E-state index in [2.05, 4.69) is 183 Å². The molecule has 278 valence electrons. The highest BCUT2D eigenvalue weighted by Gasteiger charge is 2.36. The second-order valence-electron chi connectivity index (χ2n) is 16.4. The molecule has 4 nitrogen and oxygen atoms in total. The smallest absolute Gasteiger partial charge is 0.159 e. The van der Waals surface area contributed by atoms with Crippen molar-refractivity contribution in [3.05, 3.63) is 187 Å². The Morgan fingerprint density at radius 1 is 0.390 bits per heavy atom. The van der Waals surface area contributed by atoms with Gasteiger partial charge in [-0.2, -0.15) is 0 Å². The molecular formula is C55H35NO3. The predicted octanol–water partition coefficient (Wildman–Crippen LogP) is 16.0. The second kappa shape index (κ2) is 11.7. The van der Waals surface area contributed by atoms with Crippen molar-refractivity contribution in [2.75, 3.05) is 4.90 Å². The summed E-state index contributed by atoms with van der Waals surface area (Å²) in [5.74, 6) is 0. The van der Waals surface area contributed by atoms with Crippen LogP contribution in [-0.4, -0.2) is 0 Å². The Morgan fingerprint density at radius 2 is 1.02 bits per heavy atom. The third-order valence-electron chi connectivity index (χ3n) is 12.9. The molecule has 13 rings (SSSR count). The van der Waals surface area contributed by atoms with Crippen LogP contribution in [0.25, 0.3) is 98.8 Å². The number of hydrogen-bond acceptors (Lipinski definition) is 4. The van der Waals surface area contributed by atoms with Crippen molar-refractivity contribution >= 4 is 93.7 Å². The van der Waals surface area contributed by atoms with Crippen LogP contribution < -0.4 is 4.90 Å². The van der Waals surface area contributed by atoms with Gasteiger partial charge >= 0.3 is 0 Å². The van der Waals surface area contributed by atoms with Gasteiger partial charge in [0.2, 0.25) is 0 Å². The summed E-state index contributed by atoms with van der Waals surface area (Å²) in [7, 11) is 0. The van der Waals surface area contributed by atoms with Crippen LogP contribution in [0.4, 0.5) is 17.1 Å². The van der Waals surface area contributed by atoms with Crippen LogP contribution in [0.1, 0.15) is 25.0 Å². The first-order valence-corrected chi connectivity index (χ1v) is 20.3. The Labute approximate surface area is 339 Å². The fourth-order valence-corrected chi connectivity index (χ4v) is 10.2. The van der Waals surface area contributed by atoms with Crippen LogP contribution in [0.15, 0.2) is 189 Å². The molecule has 3 heterocycles. The molecule has 0 aliphatic heterocycles. The van der Waals surface area contributed by atoms with Gasteiger partial charge < -0.3 is 18.2 Å². The van der Waals surface area contributed by atoms with Gasteiger partial charge in [-0.15, -0.1) is 0 Å². The van der Waals surface area contributed by atoms with Crippen LogP contribution in [0.3, 0.4) is 0 Å². The van der Waals surface area contributed by atoms with Gasteiger partial charge in [0.1, 0.15) is 27.9 Å². The largest absolute Gasteiger partial charge is 0.456 e. The standard InChI is InChI=1S/C55H35NO3/c1-55(2)42-22-8-5-17-35(42)36-29-28-33(30-43(36)55)56(45-24-12-21-39-37-18-6-9-25-46(37)58-53(39)45)44-23-13-27-48-50(44)41-31-49-51(40-19-7-10-26-47(40)57-49)52(54(41)59-48)38-20-11-15-32-14-3-4-16-34(32)38/h3-31H,1-2H3. The summed E-state index contributed by atoms with van der Waals surface area (Å²) in [5.41, 5.74) is 15.1. The average Bonchev–Trinajstić information content (AvgIpc) is 4.02. The quantitative estimate of drug-likeness (QED) is 0.179. The molecule has 1 aliphatic carbocycles. The van der Waals surface area contributed by atoms with E-state index in [1.165, 1.54) is 27.6 Å². The molecule has 0 spiro atoms. The summed E-state index contributed by atoms with van der Waals surface area (Å²) in [6.07, 6.45) is 0. The first-order chi connectivity index (χ1) is 29.0. The molecule has 9 aromatic carbocycles. The third-order valence-corrected chi connectivity index (χ3v) is 12.9. The first-order valence-electron chi connectivity index (χ1n) is 20.3. The summed E-state index contributed by atoms with van der Waals surface area (Å²) in [6.45, 7) is 4.67. The third kappa shape index (κ3) is 4.43. The fourth-order valence-electron chi connectivity index (χ4n) is 10.2.